The summed E-state index contributed by atoms with van der Waals surface area (Å²) in [5, 5.41) is 9.99. The van der Waals surface area contributed by atoms with Gasteiger partial charge >= 0.3 is 0 Å². The summed E-state index contributed by atoms with van der Waals surface area (Å²) in [5.41, 5.74) is 0. The third kappa shape index (κ3) is 5.82. The Morgan fingerprint density at radius 2 is 1.80 bits per heavy atom. The Morgan fingerprint density at radius 3 is 2.45 bits per heavy atom. The molecule has 0 aromatic rings. The fourth-order valence-corrected chi connectivity index (χ4v) is 3.10. The summed E-state index contributed by atoms with van der Waals surface area (Å²) in [5.74, 6) is 1.25. The van der Waals surface area contributed by atoms with Gasteiger partial charge in [-0.1, -0.05) is 52.4 Å². The van der Waals surface area contributed by atoms with Crippen molar-refractivity contribution in [1.29, 1.82) is 0 Å². The molecule has 0 saturated heterocycles. The van der Waals surface area contributed by atoms with Crippen LogP contribution in [0.3, 0.4) is 0 Å². The summed E-state index contributed by atoms with van der Waals surface area (Å²) in [6.07, 6.45) is 11.0. The van der Waals surface area contributed by atoms with E-state index in [4.69, 9.17) is 0 Å². The highest BCUT2D eigenvalue weighted by Gasteiger charge is 2.27. The molecule has 0 saturated carbocycles. The van der Waals surface area contributed by atoms with E-state index in [1.807, 2.05) is 6.92 Å². The average molecular weight is 282 g/mol. The number of nitrogens with zero attached hydrogens (tertiary/aromatic N) is 2. The molecule has 0 amide bonds. The van der Waals surface area contributed by atoms with Gasteiger partial charge in [0.1, 0.15) is 0 Å². The van der Waals surface area contributed by atoms with Gasteiger partial charge in [-0.2, -0.15) is 0 Å². The van der Waals surface area contributed by atoms with Crippen LogP contribution in [0, 0.1) is 0 Å². The van der Waals surface area contributed by atoms with Crippen molar-refractivity contribution >= 4 is 5.84 Å². The molecule has 1 N–H and O–H groups in total. The summed E-state index contributed by atoms with van der Waals surface area (Å²) in [4.78, 5) is 7.04. The van der Waals surface area contributed by atoms with Crippen molar-refractivity contribution in [2.24, 2.45) is 4.99 Å². The van der Waals surface area contributed by atoms with Crippen LogP contribution in [-0.2, 0) is 0 Å². The molecule has 1 rings (SSSR count). The fourth-order valence-electron chi connectivity index (χ4n) is 3.10. The van der Waals surface area contributed by atoms with Gasteiger partial charge in [0.05, 0.1) is 24.5 Å². The zero-order valence-electron chi connectivity index (χ0n) is 13.8. The number of aliphatic hydroxyl groups is 1. The molecule has 20 heavy (non-hydrogen) atoms. The highest BCUT2D eigenvalue weighted by molar-refractivity contribution is 5.84. The third-order valence-electron chi connectivity index (χ3n) is 4.26. The summed E-state index contributed by atoms with van der Waals surface area (Å²) >= 11 is 0. The smallest absolute Gasteiger partial charge is 0.0993 e. The number of hydrogen-bond donors (Lipinski definition) is 1. The quantitative estimate of drug-likeness (QED) is 0.581. The maximum Gasteiger partial charge on any atom is 0.0993 e. The maximum atomic E-state index is 9.99. The highest BCUT2D eigenvalue weighted by atomic mass is 16.3. The lowest BCUT2D eigenvalue weighted by atomic mass is 10.0. The first-order chi connectivity index (χ1) is 9.70. The van der Waals surface area contributed by atoms with Crippen LogP contribution in [0.5, 0.6) is 0 Å². The SMILES string of the molecule is CCCCCCCCC1=NCCN1C(CCC)C(C)O. The average Bonchev–Trinajstić information content (AvgIpc) is 2.87. The second-order valence-corrected chi connectivity index (χ2v) is 6.11. The van der Waals surface area contributed by atoms with Crippen LogP contribution in [-0.4, -0.2) is 41.1 Å². The van der Waals surface area contributed by atoms with Crippen molar-refractivity contribution in [1.82, 2.24) is 4.90 Å². The standard InChI is InChI=1S/C17H34N2O/c1-4-6-7-8-9-10-12-17-18-13-14-19(17)16(11-5-2)15(3)20/h15-16,20H,4-14H2,1-3H3. The van der Waals surface area contributed by atoms with Gasteiger partial charge in [0.25, 0.3) is 0 Å². The Bertz CT molecular complexity index is 276. The molecule has 3 nitrogen and oxygen atoms in total. The predicted molar refractivity (Wildman–Crippen MR) is 87.4 cm³/mol. The first-order valence-electron chi connectivity index (χ1n) is 8.68. The number of aliphatic imine (C=N–C) groups is 1. The van der Waals surface area contributed by atoms with E-state index in [1.165, 1.54) is 44.4 Å². The Balaban J connectivity index is 2.32. The van der Waals surface area contributed by atoms with E-state index in [1.54, 1.807) is 0 Å². The predicted octanol–water partition coefficient (Wildman–Crippen LogP) is 4.00. The van der Waals surface area contributed by atoms with Crippen LogP contribution in [0.25, 0.3) is 0 Å². The number of amidine groups is 1. The van der Waals surface area contributed by atoms with Crippen LogP contribution in [0.1, 0.15) is 78.6 Å². The summed E-state index contributed by atoms with van der Waals surface area (Å²) in [7, 11) is 0. The van der Waals surface area contributed by atoms with E-state index in [0.29, 0.717) is 0 Å². The molecular formula is C17H34N2O. The minimum absolute atomic E-state index is 0.261. The fraction of sp³-hybridized carbons (Fsp3) is 0.941. The van der Waals surface area contributed by atoms with Crippen LogP contribution in [0.15, 0.2) is 4.99 Å². The van der Waals surface area contributed by atoms with E-state index in [0.717, 1.165) is 32.4 Å². The van der Waals surface area contributed by atoms with Gasteiger partial charge in [0, 0.05) is 13.0 Å². The molecule has 2 atom stereocenters. The molecule has 0 fully saturated rings. The highest BCUT2D eigenvalue weighted by Crippen LogP contribution is 2.19. The minimum Gasteiger partial charge on any atom is -0.391 e. The molecule has 118 valence electrons. The first-order valence-corrected chi connectivity index (χ1v) is 8.68. The van der Waals surface area contributed by atoms with E-state index >= 15 is 0 Å². The van der Waals surface area contributed by atoms with E-state index < -0.39 is 0 Å². The molecule has 1 heterocycles. The largest absolute Gasteiger partial charge is 0.391 e. The lowest BCUT2D eigenvalue weighted by Crippen LogP contribution is -2.44. The van der Waals surface area contributed by atoms with Crippen molar-refractivity contribution in [2.75, 3.05) is 13.1 Å². The first kappa shape index (κ1) is 17.5. The maximum absolute atomic E-state index is 9.99. The van der Waals surface area contributed by atoms with Crippen molar-refractivity contribution in [3.8, 4) is 0 Å². The van der Waals surface area contributed by atoms with Crippen molar-refractivity contribution in [3.05, 3.63) is 0 Å². The van der Waals surface area contributed by atoms with Gasteiger partial charge < -0.3 is 10.0 Å². The molecule has 0 aliphatic carbocycles. The summed E-state index contributed by atoms with van der Waals surface area (Å²) in [6.45, 7) is 8.28. The Hall–Kier alpha value is -0.570. The van der Waals surface area contributed by atoms with Crippen LogP contribution < -0.4 is 0 Å². The van der Waals surface area contributed by atoms with Gasteiger partial charge in [-0.3, -0.25) is 4.99 Å². The second-order valence-electron chi connectivity index (χ2n) is 6.11. The minimum atomic E-state index is -0.261. The molecule has 1 aliphatic heterocycles. The van der Waals surface area contributed by atoms with Gasteiger partial charge in [0.2, 0.25) is 0 Å². The van der Waals surface area contributed by atoms with E-state index in [9.17, 15) is 5.11 Å². The Kier molecular flexibility index (Phi) is 8.92. The van der Waals surface area contributed by atoms with Gasteiger partial charge in [-0.15, -0.1) is 0 Å². The monoisotopic (exact) mass is 282 g/mol. The molecule has 0 radical (unpaired) electrons. The molecule has 0 aromatic carbocycles. The van der Waals surface area contributed by atoms with Gasteiger partial charge in [-0.25, -0.2) is 0 Å². The number of hydrogen-bond acceptors (Lipinski definition) is 3. The Morgan fingerprint density at radius 1 is 1.10 bits per heavy atom. The molecule has 0 bridgehead atoms. The Labute approximate surface area is 125 Å². The van der Waals surface area contributed by atoms with E-state index in [2.05, 4.69) is 23.7 Å². The molecule has 0 aromatic heterocycles. The third-order valence-corrected chi connectivity index (χ3v) is 4.26. The van der Waals surface area contributed by atoms with Crippen molar-refractivity contribution in [2.45, 2.75) is 90.7 Å². The number of unbranched alkanes of at least 4 members (excludes halogenated alkanes) is 5. The lowest BCUT2D eigenvalue weighted by Gasteiger charge is -2.32. The molecular weight excluding hydrogens is 248 g/mol. The molecule has 2 unspecified atom stereocenters. The molecule has 1 aliphatic rings. The normalized spacial score (nSPS) is 18.2. The summed E-state index contributed by atoms with van der Waals surface area (Å²) < 4.78 is 0. The zero-order valence-corrected chi connectivity index (χ0v) is 13.8. The van der Waals surface area contributed by atoms with Crippen LogP contribution in [0.4, 0.5) is 0 Å². The van der Waals surface area contributed by atoms with Gasteiger partial charge in [0.15, 0.2) is 0 Å². The molecule has 3 heteroatoms. The lowest BCUT2D eigenvalue weighted by molar-refractivity contribution is 0.0966. The van der Waals surface area contributed by atoms with Crippen molar-refractivity contribution in [3.63, 3.8) is 0 Å². The van der Waals surface area contributed by atoms with Crippen LogP contribution in [0.2, 0.25) is 0 Å². The zero-order chi connectivity index (χ0) is 14.8. The summed E-state index contributed by atoms with van der Waals surface area (Å²) in [6, 6.07) is 0.265. The molecule has 0 spiro atoms. The second kappa shape index (κ2) is 10.2. The number of aliphatic hydroxyl groups excluding tert-OH is 1. The van der Waals surface area contributed by atoms with Crippen molar-refractivity contribution < 1.29 is 5.11 Å². The topological polar surface area (TPSA) is 35.8 Å². The number of rotatable bonds is 11. The van der Waals surface area contributed by atoms with E-state index in [-0.39, 0.29) is 12.1 Å². The van der Waals surface area contributed by atoms with Gasteiger partial charge in [-0.05, 0) is 19.8 Å². The van der Waals surface area contributed by atoms with Crippen LogP contribution >= 0.6 is 0 Å².